The van der Waals surface area contributed by atoms with Gasteiger partial charge in [0.05, 0.1) is 5.92 Å². The van der Waals surface area contributed by atoms with E-state index in [-0.39, 0.29) is 11.8 Å². The fraction of sp³-hybridized carbons (Fsp3) is 0.533. The van der Waals surface area contributed by atoms with Crippen molar-refractivity contribution in [1.82, 2.24) is 5.32 Å². The van der Waals surface area contributed by atoms with Gasteiger partial charge in [-0.3, -0.25) is 4.79 Å². The summed E-state index contributed by atoms with van der Waals surface area (Å²) in [7, 11) is 0. The lowest BCUT2D eigenvalue weighted by atomic mass is 9.88. The molecule has 3 unspecified atom stereocenters. The maximum absolute atomic E-state index is 12.3. The maximum Gasteiger partial charge on any atom is 0.229 e. The van der Waals surface area contributed by atoms with Crippen LogP contribution in [0.1, 0.15) is 30.4 Å². The number of hydrogen-bond acceptors (Lipinski definition) is 2. The molecule has 3 heteroatoms. The van der Waals surface area contributed by atoms with Gasteiger partial charge in [-0.05, 0) is 44.7 Å². The third-order valence-corrected chi connectivity index (χ3v) is 4.28. The smallest absolute Gasteiger partial charge is 0.229 e. The Hall–Kier alpha value is -1.35. The van der Waals surface area contributed by atoms with Crippen molar-refractivity contribution in [3.05, 3.63) is 29.3 Å². The quantitative estimate of drug-likeness (QED) is 0.838. The number of hydrogen-bond donors (Lipinski definition) is 2. The Morgan fingerprint density at radius 2 is 2.17 bits per heavy atom. The summed E-state index contributed by atoms with van der Waals surface area (Å²) in [6, 6.07) is 7.13. The molecule has 18 heavy (non-hydrogen) atoms. The fourth-order valence-electron chi connectivity index (χ4n) is 3.29. The van der Waals surface area contributed by atoms with Crippen LogP contribution in [0.4, 0.5) is 5.69 Å². The topological polar surface area (TPSA) is 41.1 Å². The number of nitrogens with one attached hydrogen (secondary N) is 2. The number of fused-ring (bicyclic) bond motifs is 2. The SMILES string of the molecule is Cc1ccc(NC(=O)C2CC3CCC2N3)c(C)c1. The van der Waals surface area contributed by atoms with Gasteiger partial charge in [-0.15, -0.1) is 0 Å². The van der Waals surface area contributed by atoms with Crippen LogP contribution in [0.3, 0.4) is 0 Å². The summed E-state index contributed by atoms with van der Waals surface area (Å²) in [5.74, 6) is 0.339. The number of benzene rings is 1. The molecule has 2 fully saturated rings. The van der Waals surface area contributed by atoms with Crippen LogP contribution in [0.2, 0.25) is 0 Å². The first-order chi connectivity index (χ1) is 8.63. The molecule has 0 aliphatic carbocycles. The monoisotopic (exact) mass is 244 g/mol. The second kappa shape index (κ2) is 4.39. The number of anilines is 1. The largest absolute Gasteiger partial charge is 0.326 e. The van der Waals surface area contributed by atoms with Crippen LogP contribution in [-0.4, -0.2) is 18.0 Å². The zero-order valence-corrected chi connectivity index (χ0v) is 11.0. The molecular formula is C15H20N2O. The minimum Gasteiger partial charge on any atom is -0.326 e. The van der Waals surface area contributed by atoms with Crippen molar-refractivity contribution in [1.29, 1.82) is 0 Å². The first kappa shape index (κ1) is 11.7. The second-order valence-electron chi connectivity index (χ2n) is 5.70. The van der Waals surface area contributed by atoms with E-state index >= 15 is 0 Å². The standard InChI is InChI=1S/C15H20N2O/c1-9-3-5-13(10(2)7-9)17-15(18)12-8-11-4-6-14(12)16-11/h3,5,7,11-12,14,16H,4,6,8H2,1-2H3,(H,17,18). The first-order valence-corrected chi connectivity index (χ1v) is 6.77. The lowest BCUT2D eigenvalue weighted by Crippen LogP contribution is -2.33. The van der Waals surface area contributed by atoms with E-state index in [9.17, 15) is 4.79 Å². The van der Waals surface area contributed by atoms with Gasteiger partial charge in [0, 0.05) is 17.8 Å². The van der Waals surface area contributed by atoms with E-state index in [2.05, 4.69) is 23.6 Å². The molecule has 0 aromatic heterocycles. The van der Waals surface area contributed by atoms with E-state index in [1.807, 2.05) is 19.1 Å². The maximum atomic E-state index is 12.3. The summed E-state index contributed by atoms with van der Waals surface area (Å²) in [5, 5.41) is 6.59. The molecule has 3 rings (SSSR count). The van der Waals surface area contributed by atoms with Gasteiger partial charge in [0.25, 0.3) is 0 Å². The van der Waals surface area contributed by atoms with Crippen LogP contribution in [0.15, 0.2) is 18.2 Å². The average Bonchev–Trinajstić information content (AvgIpc) is 2.94. The molecule has 2 aliphatic rings. The Kier molecular flexibility index (Phi) is 2.86. The van der Waals surface area contributed by atoms with E-state index in [1.165, 1.54) is 12.0 Å². The van der Waals surface area contributed by atoms with Crippen LogP contribution >= 0.6 is 0 Å². The highest BCUT2D eigenvalue weighted by Crippen LogP contribution is 2.34. The van der Waals surface area contributed by atoms with Gasteiger partial charge in [0.1, 0.15) is 0 Å². The average molecular weight is 244 g/mol. The molecular weight excluding hydrogens is 224 g/mol. The third kappa shape index (κ3) is 2.03. The van der Waals surface area contributed by atoms with Crippen molar-refractivity contribution in [3.8, 4) is 0 Å². The zero-order chi connectivity index (χ0) is 12.7. The van der Waals surface area contributed by atoms with Crippen LogP contribution in [-0.2, 0) is 4.79 Å². The number of rotatable bonds is 2. The van der Waals surface area contributed by atoms with E-state index in [1.54, 1.807) is 0 Å². The summed E-state index contributed by atoms with van der Waals surface area (Å²) in [6.07, 6.45) is 3.38. The molecule has 2 bridgehead atoms. The number of amides is 1. The molecule has 2 N–H and O–H groups in total. The van der Waals surface area contributed by atoms with Gasteiger partial charge in [-0.25, -0.2) is 0 Å². The highest BCUT2D eigenvalue weighted by molar-refractivity contribution is 5.94. The third-order valence-electron chi connectivity index (χ3n) is 4.28. The lowest BCUT2D eigenvalue weighted by molar-refractivity contribution is -0.120. The molecule has 1 aromatic carbocycles. The Bertz CT molecular complexity index is 483. The van der Waals surface area contributed by atoms with Crippen molar-refractivity contribution in [2.45, 2.75) is 45.2 Å². The van der Waals surface area contributed by atoms with Crippen molar-refractivity contribution in [2.75, 3.05) is 5.32 Å². The molecule has 0 saturated carbocycles. The number of aryl methyl sites for hydroxylation is 2. The van der Waals surface area contributed by atoms with Gasteiger partial charge in [-0.2, -0.15) is 0 Å². The molecule has 3 nitrogen and oxygen atoms in total. The second-order valence-corrected chi connectivity index (χ2v) is 5.70. The summed E-state index contributed by atoms with van der Waals surface area (Å²) in [4.78, 5) is 12.3. The van der Waals surface area contributed by atoms with Gasteiger partial charge in [0.2, 0.25) is 5.91 Å². The zero-order valence-electron chi connectivity index (χ0n) is 11.0. The summed E-state index contributed by atoms with van der Waals surface area (Å²) >= 11 is 0. The molecule has 2 saturated heterocycles. The molecule has 3 atom stereocenters. The Morgan fingerprint density at radius 1 is 1.33 bits per heavy atom. The Morgan fingerprint density at radius 3 is 2.78 bits per heavy atom. The predicted octanol–water partition coefficient (Wildman–Crippen LogP) is 2.38. The Labute approximate surface area is 108 Å². The van der Waals surface area contributed by atoms with E-state index in [0.717, 1.165) is 24.1 Å². The van der Waals surface area contributed by atoms with Crippen LogP contribution in [0.5, 0.6) is 0 Å². The normalized spacial score (nSPS) is 29.6. The minimum atomic E-state index is 0.157. The Balaban J connectivity index is 1.71. The molecule has 2 heterocycles. The molecule has 2 aliphatic heterocycles. The van der Waals surface area contributed by atoms with Crippen molar-refractivity contribution in [2.24, 2.45) is 5.92 Å². The molecule has 0 spiro atoms. The van der Waals surface area contributed by atoms with Crippen LogP contribution in [0.25, 0.3) is 0 Å². The van der Waals surface area contributed by atoms with Crippen LogP contribution < -0.4 is 10.6 Å². The molecule has 1 aromatic rings. The number of carbonyl (C=O) groups excluding carboxylic acids is 1. The minimum absolute atomic E-state index is 0.157. The fourth-order valence-corrected chi connectivity index (χ4v) is 3.29. The van der Waals surface area contributed by atoms with E-state index < -0.39 is 0 Å². The number of carbonyl (C=O) groups is 1. The first-order valence-electron chi connectivity index (χ1n) is 6.77. The van der Waals surface area contributed by atoms with Crippen molar-refractivity contribution < 1.29 is 4.79 Å². The highest BCUT2D eigenvalue weighted by atomic mass is 16.2. The van der Waals surface area contributed by atoms with Gasteiger partial charge in [0.15, 0.2) is 0 Å². The van der Waals surface area contributed by atoms with Crippen molar-refractivity contribution >= 4 is 11.6 Å². The molecule has 1 amide bonds. The van der Waals surface area contributed by atoms with Gasteiger partial charge in [-0.1, -0.05) is 17.7 Å². The molecule has 96 valence electrons. The molecule has 0 radical (unpaired) electrons. The summed E-state index contributed by atoms with van der Waals surface area (Å²) in [5.41, 5.74) is 3.32. The highest BCUT2D eigenvalue weighted by Gasteiger charge is 2.42. The predicted molar refractivity (Wildman–Crippen MR) is 72.6 cm³/mol. The van der Waals surface area contributed by atoms with Gasteiger partial charge < -0.3 is 10.6 Å². The lowest BCUT2D eigenvalue weighted by Gasteiger charge is -2.20. The van der Waals surface area contributed by atoms with Crippen molar-refractivity contribution in [3.63, 3.8) is 0 Å². The van der Waals surface area contributed by atoms with E-state index in [4.69, 9.17) is 0 Å². The van der Waals surface area contributed by atoms with Gasteiger partial charge >= 0.3 is 0 Å². The summed E-state index contributed by atoms with van der Waals surface area (Å²) < 4.78 is 0. The van der Waals surface area contributed by atoms with E-state index in [0.29, 0.717) is 12.1 Å². The van der Waals surface area contributed by atoms with Crippen LogP contribution in [0, 0.1) is 19.8 Å². The summed E-state index contributed by atoms with van der Waals surface area (Å²) in [6.45, 7) is 4.11.